The Kier molecular flexibility index (Phi) is 8.49. The van der Waals surface area contributed by atoms with Crippen LogP contribution in [0.3, 0.4) is 0 Å². The molecule has 2 aromatic carbocycles. The topological polar surface area (TPSA) is 33.3 Å². The zero-order valence-corrected chi connectivity index (χ0v) is 18.2. The van der Waals surface area contributed by atoms with Crippen molar-refractivity contribution in [1.29, 1.82) is 0 Å². The first-order chi connectivity index (χ1) is 13.7. The number of hydrogen-bond acceptors (Lipinski definition) is 3. The van der Waals surface area contributed by atoms with E-state index < -0.39 is 0 Å². The van der Waals surface area contributed by atoms with Crippen molar-refractivity contribution in [3.05, 3.63) is 59.7 Å². The quantitative estimate of drug-likeness (QED) is 0.393. The van der Waals surface area contributed by atoms with Gasteiger partial charge in [0.15, 0.2) is 5.11 Å². The summed E-state index contributed by atoms with van der Waals surface area (Å²) in [6.45, 7) is 3.06. The molecule has 1 fully saturated rings. The van der Waals surface area contributed by atoms with Crippen LogP contribution in [0.1, 0.15) is 43.2 Å². The van der Waals surface area contributed by atoms with Gasteiger partial charge >= 0.3 is 0 Å². The smallest absolute Gasteiger partial charge is 0.170 e. The highest BCUT2D eigenvalue weighted by atomic mass is 32.2. The number of anilines is 1. The lowest BCUT2D eigenvalue weighted by Crippen LogP contribution is -2.29. The third-order valence-electron chi connectivity index (χ3n) is 4.99. The predicted molar refractivity (Wildman–Crippen MR) is 126 cm³/mol. The van der Waals surface area contributed by atoms with Gasteiger partial charge in [0, 0.05) is 18.0 Å². The van der Waals surface area contributed by atoms with Gasteiger partial charge in [0.1, 0.15) is 5.75 Å². The number of nitrogens with one attached hydrogen (secondary N) is 2. The molecule has 1 aliphatic carbocycles. The summed E-state index contributed by atoms with van der Waals surface area (Å²) in [6.07, 6.45) is 6.41. The fraction of sp³-hybridized carbons (Fsp3) is 0.435. The second-order valence-corrected chi connectivity index (χ2v) is 8.78. The molecule has 5 heteroatoms. The van der Waals surface area contributed by atoms with Gasteiger partial charge in [0.25, 0.3) is 0 Å². The van der Waals surface area contributed by atoms with Crippen LogP contribution in [0, 0.1) is 6.92 Å². The van der Waals surface area contributed by atoms with E-state index in [9.17, 15) is 0 Å². The largest absolute Gasteiger partial charge is 0.490 e. The first kappa shape index (κ1) is 21.0. The van der Waals surface area contributed by atoms with E-state index in [-0.39, 0.29) is 0 Å². The molecule has 0 unspecified atom stereocenters. The molecular weight excluding hydrogens is 384 g/mol. The number of aryl methyl sites for hydroxylation is 1. The van der Waals surface area contributed by atoms with E-state index in [1.807, 2.05) is 36.0 Å². The van der Waals surface area contributed by atoms with E-state index in [0.717, 1.165) is 35.9 Å². The Bertz CT molecular complexity index is 743. The van der Waals surface area contributed by atoms with E-state index in [4.69, 9.17) is 17.0 Å². The summed E-state index contributed by atoms with van der Waals surface area (Å²) in [5.41, 5.74) is 3.79. The molecule has 0 aliphatic heterocycles. The van der Waals surface area contributed by atoms with Crippen LogP contribution < -0.4 is 15.4 Å². The molecular formula is C23H30N2OS2. The summed E-state index contributed by atoms with van der Waals surface area (Å²) in [5, 5.41) is 7.21. The van der Waals surface area contributed by atoms with Gasteiger partial charge in [0.2, 0.25) is 0 Å². The summed E-state index contributed by atoms with van der Waals surface area (Å²) in [5.74, 6) is 3.14. The van der Waals surface area contributed by atoms with Gasteiger partial charge in [-0.05, 0) is 92.4 Å². The van der Waals surface area contributed by atoms with Gasteiger partial charge in [-0.2, -0.15) is 11.8 Å². The van der Waals surface area contributed by atoms with Crippen molar-refractivity contribution >= 4 is 34.8 Å². The maximum Gasteiger partial charge on any atom is 0.170 e. The van der Waals surface area contributed by atoms with Crippen molar-refractivity contribution in [2.75, 3.05) is 17.6 Å². The number of benzene rings is 2. The van der Waals surface area contributed by atoms with Gasteiger partial charge in [-0.15, -0.1) is 0 Å². The van der Waals surface area contributed by atoms with E-state index >= 15 is 0 Å². The molecule has 0 radical (unpaired) electrons. The van der Waals surface area contributed by atoms with Crippen LogP contribution in [0.2, 0.25) is 0 Å². The molecule has 0 amide bonds. The lowest BCUT2D eigenvalue weighted by molar-refractivity contribution is 0.210. The van der Waals surface area contributed by atoms with E-state index in [0.29, 0.717) is 11.2 Å². The van der Waals surface area contributed by atoms with Crippen molar-refractivity contribution in [2.24, 2.45) is 0 Å². The molecule has 3 nitrogen and oxygen atoms in total. The maximum absolute atomic E-state index is 6.00. The summed E-state index contributed by atoms with van der Waals surface area (Å²) in [7, 11) is 0. The van der Waals surface area contributed by atoms with E-state index in [2.05, 4.69) is 41.8 Å². The van der Waals surface area contributed by atoms with Gasteiger partial charge < -0.3 is 15.4 Å². The molecule has 0 aromatic heterocycles. The summed E-state index contributed by atoms with van der Waals surface area (Å²) in [6, 6.07) is 16.7. The highest BCUT2D eigenvalue weighted by molar-refractivity contribution is 7.98. The molecule has 0 bridgehead atoms. The number of hydrogen-bond donors (Lipinski definition) is 2. The number of thioether (sulfide) groups is 1. The van der Waals surface area contributed by atoms with E-state index in [1.165, 1.54) is 36.8 Å². The third-order valence-corrected chi connectivity index (χ3v) is 6.33. The predicted octanol–water partition coefficient (Wildman–Crippen LogP) is 5.93. The first-order valence-corrected chi connectivity index (χ1v) is 11.7. The van der Waals surface area contributed by atoms with Crippen molar-refractivity contribution in [2.45, 2.75) is 50.9 Å². The standard InChI is InChI=1S/C23H30N2OS2/c1-18-7-2-3-8-19(18)17-28-16-6-15-24-23(27)25-20-11-13-22(14-12-20)26-21-9-4-5-10-21/h2-3,7-8,11-14,21H,4-6,9-10,15-17H2,1H3,(H2,24,25,27). The van der Waals surface area contributed by atoms with Crippen LogP contribution in [0.4, 0.5) is 5.69 Å². The Hall–Kier alpha value is -1.72. The van der Waals surface area contributed by atoms with E-state index in [1.54, 1.807) is 0 Å². The van der Waals surface area contributed by atoms with Crippen molar-refractivity contribution in [3.63, 3.8) is 0 Å². The second kappa shape index (κ2) is 11.3. The summed E-state index contributed by atoms with van der Waals surface area (Å²) < 4.78 is 6.00. The number of thiocarbonyl (C=S) groups is 1. The number of rotatable bonds is 9. The maximum atomic E-state index is 6.00. The molecule has 0 heterocycles. The zero-order valence-electron chi connectivity index (χ0n) is 16.6. The van der Waals surface area contributed by atoms with Crippen molar-refractivity contribution in [3.8, 4) is 5.75 Å². The normalized spacial score (nSPS) is 14.0. The van der Waals surface area contributed by atoms with Gasteiger partial charge in [-0.3, -0.25) is 0 Å². The van der Waals surface area contributed by atoms with Crippen LogP contribution in [0.15, 0.2) is 48.5 Å². The monoisotopic (exact) mass is 414 g/mol. The van der Waals surface area contributed by atoms with Crippen LogP contribution in [0.25, 0.3) is 0 Å². The fourth-order valence-corrected chi connectivity index (χ4v) is 4.58. The first-order valence-electron chi connectivity index (χ1n) is 10.1. The molecule has 2 aromatic rings. The molecule has 150 valence electrons. The minimum Gasteiger partial charge on any atom is -0.490 e. The van der Waals surface area contributed by atoms with Gasteiger partial charge in [-0.25, -0.2) is 0 Å². The fourth-order valence-electron chi connectivity index (χ4n) is 3.32. The molecule has 2 N–H and O–H groups in total. The minimum atomic E-state index is 0.394. The molecule has 0 atom stereocenters. The Morgan fingerprint density at radius 1 is 1.11 bits per heavy atom. The average Bonchev–Trinajstić information content (AvgIpc) is 3.20. The SMILES string of the molecule is Cc1ccccc1CSCCCNC(=S)Nc1ccc(OC2CCCC2)cc1. The Labute approximate surface area is 178 Å². The number of ether oxygens (including phenoxy) is 1. The molecule has 3 rings (SSSR count). The van der Waals surface area contributed by atoms with Crippen LogP contribution in [-0.2, 0) is 5.75 Å². The highest BCUT2D eigenvalue weighted by Gasteiger charge is 2.16. The molecule has 0 spiro atoms. The van der Waals surface area contributed by atoms with Crippen LogP contribution in [-0.4, -0.2) is 23.5 Å². The molecule has 1 aliphatic rings. The van der Waals surface area contributed by atoms with Gasteiger partial charge in [-0.1, -0.05) is 24.3 Å². The second-order valence-electron chi connectivity index (χ2n) is 7.26. The highest BCUT2D eigenvalue weighted by Crippen LogP contribution is 2.25. The lowest BCUT2D eigenvalue weighted by Gasteiger charge is -2.14. The summed E-state index contributed by atoms with van der Waals surface area (Å²) in [4.78, 5) is 0. The average molecular weight is 415 g/mol. The van der Waals surface area contributed by atoms with Gasteiger partial charge in [0.05, 0.1) is 6.10 Å². The minimum absolute atomic E-state index is 0.394. The van der Waals surface area contributed by atoms with Crippen molar-refractivity contribution < 1.29 is 4.74 Å². The summed E-state index contributed by atoms with van der Waals surface area (Å²) >= 11 is 7.37. The molecule has 1 saturated carbocycles. The zero-order chi connectivity index (χ0) is 19.6. The Balaban J connectivity index is 1.28. The van der Waals surface area contributed by atoms with Crippen LogP contribution >= 0.6 is 24.0 Å². The van der Waals surface area contributed by atoms with Crippen molar-refractivity contribution in [1.82, 2.24) is 5.32 Å². The lowest BCUT2D eigenvalue weighted by atomic mass is 10.1. The third kappa shape index (κ3) is 7.02. The Morgan fingerprint density at radius 3 is 2.61 bits per heavy atom. The molecule has 0 saturated heterocycles. The molecule has 28 heavy (non-hydrogen) atoms. The Morgan fingerprint density at radius 2 is 1.86 bits per heavy atom. The van der Waals surface area contributed by atoms with Crippen LogP contribution in [0.5, 0.6) is 5.75 Å².